The van der Waals surface area contributed by atoms with Gasteiger partial charge in [0.05, 0.1) is 0 Å². The standard InChI is InChI=1S/C9H14N2S/c1-9(4-2-3-5-9)7-6-10-8(12)11-7/h6H,2-5H2,1H3,(H2,10,11,12). The van der Waals surface area contributed by atoms with E-state index < -0.39 is 0 Å². The van der Waals surface area contributed by atoms with Crippen LogP contribution in [0.4, 0.5) is 0 Å². The molecule has 2 rings (SSSR count). The minimum atomic E-state index is 0.355. The van der Waals surface area contributed by atoms with E-state index in [4.69, 9.17) is 12.2 Å². The molecular formula is C9H14N2S. The van der Waals surface area contributed by atoms with Gasteiger partial charge in [-0.3, -0.25) is 0 Å². The lowest BCUT2D eigenvalue weighted by molar-refractivity contribution is 0.478. The van der Waals surface area contributed by atoms with E-state index in [-0.39, 0.29) is 0 Å². The van der Waals surface area contributed by atoms with Crippen molar-refractivity contribution < 1.29 is 0 Å². The number of nitrogens with one attached hydrogen (secondary N) is 2. The molecule has 0 atom stereocenters. The first-order valence-corrected chi connectivity index (χ1v) is 4.90. The second kappa shape index (κ2) is 2.73. The molecule has 1 aliphatic rings. The summed E-state index contributed by atoms with van der Waals surface area (Å²) in [5, 5.41) is 0. The SMILES string of the molecule is CC1(c2c[nH]c(=S)[nH]2)CCCC1. The van der Waals surface area contributed by atoms with Gasteiger partial charge in [0, 0.05) is 17.3 Å². The zero-order chi connectivity index (χ0) is 8.60. The van der Waals surface area contributed by atoms with E-state index in [1.165, 1.54) is 31.4 Å². The molecule has 0 bridgehead atoms. The zero-order valence-electron chi connectivity index (χ0n) is 7.31. The Balaban J connectivity index is 2.34. The molecule has 1 saturated carbocycles. The van der Waals surface area contributed by atoms with Gasteiger partial charge in [0.15, 0.2) is 4.77 Å². The van der Waals surface area contributed by atoms with Gasteiger partial charge in [0.25, 0.3) is 0 Å². The van der Waals surface area contributed by atoms with Gasteiger partial charge < -0.3 is 9.97 Å². The molecular weight excluding hydrogens is 168 g/mol. The van der Waals surface area contributed by atoms with Gasteiger partial charge in [-0.05, 0) is 25.1 Å². The fourth-order valence-electron chi connectivity index (χ4n) is 2.08. The Hall–Kier alpha value is -0.570. The van der Waals surface area contributed by atoms with Gasteiger partial charge in [0.1, 0.15) is 0 Å². The van der Waals surface area contributed by atoms with Gasteiger partial charge in [0.2, 0.25) is 0 Å². The van der Waals surface area contributed by atoms with Gasteiger partial charge in [-0.2, -0.15) is 0 Å². The van der Waals surface area contributed by atoms with Gasteiger partial charge in [-0.1, -0.05) is 19.8 Å². The van der Waals surface area contributed by atoms with Crippen LogP contribution in [0.2, 0.25) is 0 Å². The van der Waals surface area contributed by atoms with Crippen molar-refractivity contribution in [2.45, 2.75) is 38.0 Å². The molecule has 12 heavy (non-hydrogen) atoms. The molecule has 2 N–H and O–H groups in total. The van der Waals surface area contributed by atoms with Crippen molar-refractivity contribution in [3.05, 3.63) is 16.7 Å². The molecule has 0 saturated heterocycles. The summed E-state index contributed by atoms with van der Waals surface area (Å²) in [4.78, 5) is 6.25. The average molecular weight is 182 g/mol. The van der Waals surface area contributed by atoms with Crippen LogP contribution in [-0.4, -0.2) is 9.97 Å². The van der Waals surface area contributed by atoms with E-state index >= 15 is 0 Å². The first-order chi connectivity index (χ1) is 5.71. The van der Waals surface area contributed by atoms with Gasteiger partial charge >= 0.3 is 0 Å². The molecule has 1 heterocycles. The first kappa shape index (κ1) is 8.05. The normalized spacial score (nSPS) is 21.4. The maximum Gasteiger partial charge on any atom is 0.174 e. The second-order valence-electron chi connectivity index (χ2n) is 3.92. The minimum Gasteiger partial charge on any atom is -0.337 e. The van der Waals surface area contributed by atoms with Crippen LogP contribution in [0.3, 0.4) is 0 Å². The second-order valence-corrected chi connectivity index (χ2v) is 4.33. The monoisotopic (exact) mass is 182 g/mol. The Labute approximate surface area is 77.4 Å². The number of H-pyrrole nitrogens is 2. The van der Waals surface area contributed by atoms with Crippen LogP contribution < -0.4 is 0 Å². The lowest BCUT2D eigenvalue weighted by atomic mass is 9.86. The number of aromatic nitrogens is 2. The van der Waals surface area contributed by atoms with E-state index in [9.17, 15) is 0 Å². The Morgan fingerprint density at radius 2 is 2.08 bits per heavy atom. The third-order valence-electron chi connectivity index (χ3n) is 2.95. The summed E-state index contributed by atoms with van der Waals surface area (Å²) in [6, 6.07) is 0. The van der Waals surface area contributed by atoms with Crippen LogP contribution in [0.1, 0.15) is 38.3 Å². The topological polar surface area (TPSA) is 31.6 Å². The lowest BCUT2D eigenvalue weighted by Gasteiger charge is -2.20. The third-order valence-corrected chi connectivity index (χ3v) is 3.17. The van der Waals surface area contributed by atoms with Crippen molar-refractivity contribution in [2.75, 3.05) is 0 Å². The number of imidazole rings is 1. The maximum absolute atomic E-state index is 5.01. The smallest absolute Gasteiger partial charge is 0.174 e. The zero-order valence-corrected chi connectivity index (χ0v) is 8.13. The summed E-state index contributed by atoms with van der Waals surface area (Å²) in [7, 11) is 0. The van der Waals surface area contributed by atoms with E-state index in [0.717, 1.165) is 4.77 Å². The highest BCUT2D eigenvalue weighted by Crippen LogP contribution is 2.39. The van der Waals surface area contributed by atoms with E-state index in [0.29, 0.717) is 5.41 Å². The third kappa shape index (κ3) is 1.22. The quantitative estimate of drug-likeness (QED) is 0.643. The average Bonchev–Trinajstić information content (AvgIpc) is 2.59. The predicted octanol–water partition coefficient (Wildman–Crippen LogP) is 2.90. The highest BCUT2D eigenvalue weighted by Gasteiger charge is 2.31. The molecule has 0 spiro atoms. The molecule has 3 heteroatoms. The number of aromatic amines is 2. The number of rotatable bonds is 1. The molecule has 0 radical (unpaired) electrons. The number of hydrogen-bond donors (Lipinski definition) is 2. The predicted molar refractivity (Wildman–Crippen MR) is 51.8 cm³/mol. The van der Waals surface area contributed by atoms with Crippen molar-refractivity contribution in [1.82, 2.24) is 9.97 Å². The van der Waals surface area contributed by atoms with Crippen LogP contribution >= 0.6 is 12.2 Å². The van der Waals surface area contributed by atoms with Crippen molar-refractivity contribution >= 4 is 12.2 Å². The van der Waals surface area contributed by atoms with E-state index in [1.54, 1.807) is 0 Å². The van der Waals surface area contributed by atoms with Crippen molar-refractivity contribution in [1.29, 1.82) is 0 Å². The van der Waals surface area contributed by atoms with Gasteiger partial charge in [-0.25, -0.2) is 0 Å². The molecule has 1 fully saturated rings. The summed E-state index contributed by atoms with van der Waals surface area (Å²) in [5.41, 5.74) is 1.64. The molecule has 0 aliphatic heterocycles. The Morgan fingerprint density at radius 3 is 2.58 bits per heavy atom. The summed E-state index contributed by atoms with van der Waals surface area (Å²) >= 11 is 5.01. The minimum absolute atomic E-state index is 0.355. The van der Waals surface area contributed by atoms with Crippen LogP contribution in [0.25, 0.3) is 0 Å². The van der Waals surface area contributed by atoms with E-state index in [1.807, 2.05) is 6.20 Å². The fraction of sp³-hybridized carbons (Fsp3) is 0.667. The maximum atomic E-state index is 5.01. The fourth-order valence-corrected chi connectivity index (χ4v) is 2.25. The summed E-state index contributed by atoms with van der Waals surface area (Å²) < 4.78 is 0.748. The first-order valence-electron chi connectivity index (χ1n) is 4.49. The highest BCUT2D eigenvalue weighted by molar-refractivity contribution is 7.71. The Kier molecular flexibility index (Phi) is 1.83. The lowest BCUT2D eigenvalue weighted by Crippen LogP contribution is -2.16. The molecule has 0 amide bonds. The molecule has 0 aromatic carbocycles. The van der Waals surface area contributed by atoms with Crippen molar-refractivity contribution in [2.24, 2.45) is 0 Å². The van der Waals surface area contributed by atoms with Crippen LogP contribution in [-0.2, 0) is 5.41 Å². The highest BCUT2D eigenvalue weighted by atomic mass is 32.1. The van der Waals surface area contributed by atoms with Crippen LogP contribution in [0, 0.1) is 4.77 Å². The van der Waals surface area contributed by atoms with Gasteiger partial charge in [-0.15, -0.1) is 0 Å². The van der Waals surface area contributed by atoms with Crippen molar-refractivity contribution in [3.8, 4) is 0 Å². The number of hydrogen-bond acceptors (Lipinski definition) is 1. The van der Waals surface area contributed by atoms with Crippen LogP contribution in [0.5, 0.6) is 0 Å². The molecule has 66 valence electrons. The molecule has 0 unspecified atom stereocenters. The molecule has 2 nitrogen and oxygen atoms in total. The molecule has 1 aromatic heterocycles. The largest absolute Gasteiger partial charge is 0.337 e. The van der Waals surface area contributed by atoms with E-state index in [2.05, 4.69) is 16.9 Å². The van der Waals surface area contributed by atoms with Crippen molar-refractivity contribution in [3.63, 3.8) is 0 Å². The Morgan fingerprint density at radius 1 is 1.42 bits per heavy atom. The van der Waals surface area contributed by atoms with Crippen LogP contribution in [0.15, 0.2) is 6.20 Å². The molecule has 1 aromatic rings. The summed E-state index contributed by atoms with van der Waals surface area (Å²) in [6.45, 7) is 2.31. The summed E-state index contributed by atoms with van der Waals surface area (Å²) in [6.07, 6.45) is 7.30. The molecule has 1 aliphatic carbocycles. The Bertz CT molecular complexity index is 317. The summed E-state index contributed by atoms with van der Waals surface area (Å²) in [5.74, 6) is 0.